The lowest BCUT2D eigenvalue weighted by atomic mass is 9.89. The van der Waals surface area contributed by atoms with Crippen LogP contribution in [-0.2, 0) is 66.3 Å². The second-order valence-corrected chi connectivity index (χ2v) is 23.3. The third-order valence-corrected chi connectivity index (χ3v) is 15.1. The standard InChI is InChI=1S/C57H105N5O16.C2H8NO3P/c1-7-9-11-13-15-17-19-21-23-25-27-29-31-33-46(66)75-45(39-64)52(77-47(67)34-32-30-28-26-24-22-20-18-16-14-12-10-8-2)57(6,56(73)78-48(68)36-35-43(53(59)70)62-54(71)41(4)58)60-37-40(3)74-51-49(61-42(5)65)55(72)76-44(38-63)50(51)69;3-1-2-6-7(4)5/h40-41,43-45,49-52,55,60,63-64,69,72H,7-39,58H2,1-6H3,(H2,59,70)(H,61,65)(H,62,71);7H,1-3H2,(H,4,5)/t40?,41-,43-,44+,45-,49+,50+,51+,52?,55-,57+;/m0./s1. The summed E-state index contributed by atoms with van der Waals surface area (Å²) < 4.78 is 42.5. The topological polar surface area (TPSA) is 407 Å². The van der Waals surface area contributed by atoms with Crippen molar-refractivity contribution in [1.29, 1.82) is 0 Å². The first-order chi connectivity index (χ1) is 40.5. The zero-order valence-electron chi connectivity index (χ0n) is 52.2. The fourth-order valence-electron chi connectivity index (χ4n) is 9.62. The second-order valence-electron chi connectivity index (χ2n) is 22.5. The van der Waals surface area contributed by atoms with E-state index < -0.39 is 142 Å². The van der Waals surface area contributed by atoms with Crippen molar-refractivity contribution >= 4 is 49.9 Å². The number of aliphatic hydroxyl groups excluding tert-OH is 4. The number of aliphatic hydroxyl groups is 4. The Balaban J connectivity index is 0.00000942. The molecule has 1 aliphatic rings. The number of carbonyl (C=O) groups is 7. The van der Waals surface area contributed by atoms with E-state index in [4.69, 9.17) is 45.8 Å². The molecule has 0 aromatic rings. The van der Waals surface area contributed by atoms with Gasteiger partial charge in [0.25, 0.3) is 0 Å². The molecule has 498 valence electrons. The number of primary amides is 1. The highest BCUT2D eigenvalue weighted by Crippen LogP contribution is 2.27. The zero-order chi connectivity index (χ0) is 64.0. The van der Waals surface area contributed by atoms with Crippen LogP contribution in [0, 0.1) is 0 Å². The Hall–Kier alpha value is -3.72. The molecule has 0 bridgehead atoms. The third-order valence-electron chi connectivity index (χ3n) is 14.7. The van der Waals surface area contributed by atoms with Crippen LogP contribution in [0.2, 0.25) is 0 Å². The van der Waals surface area contributed by atoms with E-state index in [1.165, 1.54) is 118 Å². The van der Waals surface area contributed by atoms with Crippen molar-refractivity contribution < 1.29 is 91.7 Å². The Morgan fingerprint density at radius 3 is 1.54 bits per heavy atom. The van der Waals surface area contributed by atoms with Crippen LogP contribution in [0.25, 0.3) is 0 Å². The normalized spacial score (nSPS) is 19.6. The molecule has 1 saturated heterocycles. The molecule has 3 amide bonds. The number of rotatable bonds is 50. The van der Waals surface area contributed by atoms with Crippen molar-refractivity contribution in [1.82, 2.24) is 16.0 Å². The van der Waals surface area contributed by atoms with Gasteiger partial charge in [-0.3, -0.25) is 38.6 Å². The molecule has 0 spiro atoms. The van der Waals surface area contributed by atoms with Crippen molar-refractivity contribution in [3.05, 3.63) is 0 Å². The molecule has 85 heavy (non-hydrogen) atoms. The summed E-state index contributed by atoms with van der Waals surface area (Å²) in [6.07, 6.45) is 16.3. The molecule has 1 heterocycles. The lowest BCUT2D eigenvalue weighted by Crippen LogP contribution is -2.67. The Bertz CT molecular complexity index is 1860. The number of esters is 4. The summed E-state index contributed by atoms with van der Waals surface area (Å²) in [6.45, 7) is 8.06. The van der Waals surface area contributed by atoms with Gasteiger partial charge in [-0.2, -0.15) is 0 Å². The van der Waals surface area contributed by atoms with Crippen LogP contribution in [0.5, 0.6) is 0 Å². The quantitative estimate of drug-likeness (QED) is 0.0126. The first kappa shape index (κ1) is 81.3. The maximum atomic E-state index is 14.6. The van der Waals surface area contributed by atoms with E-state index in [0.29, 0.717) is 19.3 Å². The number of carbonyl (C=O) groups excluding carboxylic acids is 7. The fourth-order valence-corrected chi connectivity index (χ4v) is 9.91. The smallest absolute Gasteiger partial charge is 0.337 e. The summed E-state index contributed by atoms with van der Waals surface area (Å²) in [5, 5.41) is 50.5. The summed E-state index contributed by atoms with van der Waals surface area (Å²) >= 11 is 0. The van der Waals surface area contributed by atoms with Crippen molar-refractivity contribution in [2.45, 2.75) is 301 Å². The Labute approximate surface area is 506 Å². The van der Waals surface area contributed by atoms with Crippen LogP contribution in [0.3, 0.4) is 0 Å². The van der Waals surface area contributed by atoms with E-state index in [-0.39, 0.29) is 32.5 Å². The number of amides is 3. The van der Waals surface area contributed by atoms with Gasteiger partial charge < -0.3 is 81.4 Å². The third kappa shape index (κ3) is 38.3. The highest BCUT2D eigenvalue weighted by Gasteiger charge is 2.52. The van der Waals surface area contributed by atoms with Gasteiger partial charge >= 0.3 is 32.1 Å². The number of hydrogen-bond donors (Lipinski definition) is 11. The monoisotopic (exact) mass is 1240 g/mol. The summed E-state index contributed by atoms with van der Waals surface area (Å²) in [7, 11) is -2.73. The van der Waals surface area contributed by atoms with E-state index >= 15 is 0 Å². The van der Waals surface area contributed by atoms with Gasteiger partial charge in [0.2, 0.25) is 17.7 Å². The molecule has 26 heteroatoms. The van der Waals surface area contributed by atoms with Gasteiger partial charge in [0, 0.05) is 39.3 Å². The average molecular weight is 1240 g/mol. The number of nitrogens with two attached hydrogens (primary N) is 3. The first-order valence-electron chi connectivity index (χ1n) is 31.5. The molecule has 3 unspecified atom stereocenters. The van der Waals surface area contributed by atoms with Crippen LogP contribution in [-0.4, -0.2) is 166 Å². The predicted octanol–water partition coefficient (Wildman–Crippen LogP) is 4.97. The Morgan fingerprint density at radius 1 is 0.694 bits per heavy atom. The Morgan fingerprint density at radius 2 is 1.15 bits per heavy atom. The molecule has 0 saturated carbocycles. The minimum Gasteiger partial charge on any atom is -0.456 e. The van der Waals surface area contributed by atoms with Gasteiger partial charge in [-0.15, -0.1) is 0 Å². The van der Waals surface area contributed by atoms with Crippen molar-refractivity contribution in [3.63, 3.8) is 0 Å². The number of unbranched alkanes of at least 4 members (excludes halogenated alkanes) is 24. The Kier molecular flexibility index (Phi) is 48.0. The van der Waals surface area contributed by atoms with Crippen LogP contribution >= 0.6 is 8.25 Å². The lowest BCUT2D eigenvalue weighted by molar-refractivity contribution is -0.267. The van der Waals surface area contributed by atoms with E-state index in [0.717, 1.165) is 57.8 Å². The number of nitrogens with one attached hydrogen (secondary N) is 3. The summed E-state index contributed by atoms with van der Waals surface area (Å²) in [4.78, 5) is 100. The molecule has 1 rings (SSSR count). The molecule has 1 fully saturated rings. The van der Waals surface area contributed by atoms with E-state index in [2.05, 4.69) is 34.3 Å². The van der Waals surface area contributed by atoms with Crippen LogP contribution < -0.4 is 33.2 Å². The molecule has 0 aromatic heterocycles. The van der Waals surface area contributed by atoms with Gasteiger partial charge in [-0.05, 0) is 40.0 Å². The first-order valence-corrected chi connectivity index (χ1v) is 32.7. The molecule has 12 atom stereocenters. The molecule has 1 aliphatic heterocycles. The number of hydrogen-bond acceptors (Lipinski definition) is 21. The predicted molar refractivity (Wildman–Crippen MR) is 321 cm³/mol. The minimum absolute atomic E-state index is 0.0457. The largest absolute Gasteiger partial charge is 0.456 e. The van der Waals surface area contributed by atoms with Crippen molar-refractivity contribution in [3.8, 4) is 0 Å². The van der Waals surface area contributed by atoms with Gasteiger partial charge in [0.05, 0.1) is 32.0 Å². The second kappa shape index (κ2) is 50.2. The molecular weight excluding hydrogens is 1130 g/mol. The van der Waals surface area contributed by atoms with E-state index in [1.54, 1.807) is 0 Å². The summed E-state index contributed by atoms with van der Waals surface area (Å²) in [5.41, 5.74) is 13.7. The van der Waals surface area contributed by atoms with Crippen LogP contribution in [0.1, 0.15) is 234 Å². The molecule has 14 N–H and O–H groups in total. The van der Waals surface area contributed by atoms with Crippen molar-refractivity contribution in [2.75, 3.05) is 32.9 Å². The maximum absolute atomic E-state index is 14.6. The average Bonchev–Trinajstić information content (AvgIpc) is 3.66. The van der Waals surface area contributed by atoms with Gasteiger partial charge in [0.1, 0.15) is 30.4 Å². The molecular formula is C59H113N6O19P. The summed E-state index contributed by atoms with van der Waals surface area (Å²) in [5.74, 6) is -6.40. The SMILES string of the molecule is CCCCCCCCCCCCCCCC(=O)OC([C@H](CO)OC(=O)CCCCCCCCCCCCCCC)[C@@](C)(NCC(C)O[C@H]1[C@H](O)[C@@H](CO)O[C@H](O)[C@@H]1NC(C)=O)C(=O)OC(=O)CC[C@H](NC(=O)[C@H](C)N)C(N)=O.NCCO[PH](=O)O. The zero-order valence-corrected chi connectivity index (χ0v) is 53.2. The lowest BCUT2D eigenvalue weighted by Gasteiger charge is -2.44. The highest BCUT2D eigenvalue weighted by molar-refractivity contribution is 7.32. The molecule has 0 radical (unpaired) electrons. The fraction of sp³-hybridized carbons (Fsp3) is 0.881. The molecule has 0 aliphatic carbocycles. The van der Waals surface area contributed by atoms with E-state index in [9.17, 15) is 58.6 Å². The van der Waals surface area contributed by atoms with Gasteiger partial charge in [-0.25, -0.2) is 4.79 Å². The highest BCUT2D eigenvalue weighted by atomic mass is 31.1. The van der Waals surface area contributed by atoms with E-state index in [1.807, 2.05) is 0 Å². The van der Waals surface area contributed by atoms with Gasteiger partial charge in [0.15, 0.2) is 24.0 Å². The van der Waals surface area contributed by atoms with Crippen LogP contribution in [0.4, 0.5) is 0 Å². The van der Waals surface area contributed by atoms with Gasteiger partial charge in [-0.1, -0.05) is 168 Å². The minimum atomic E-state index is -2.73. The van der Waals surface area contributed by atoms with Crippen LogP contribution in [0.15, 0.2) is 0 Å². The molecule has 0 aromatic carbocycles. The van der Waals surface area contributed by atoms with Crippen molar-refractivity contribution in [2.24, 2.45) is 17.2 Å². The summed E-state index contributed by atoms with van der Waals surface area (Å²) in [6, 6.07) is -3.71. The number of ether oxygens (including phenoxy) is 5. The molecule has 25 nitrogen and oxygen atoms in total. The maximum Gasteiger partial charge on any atom is 0.337 e.